The number of carbonyl (C=O) groups excluding carboxylic acids is 1. The molecule has 2 rings (SSSR count). The van der Waals surface area contributed by atoms with Gasteiger partial charge in [-0.3, -0.25) is 0 Å². The van der Waals surface area contributed by atoms with Crippen LogP contribution in [0.25, 0.3) is 0 Å². The van der Waals surface area contributed by atoms with Gasteiger partial charge < -0.3 is 14.5 Å². The van der Waals surface area contributed by atoms with Crippen molar-refractivity contribution in [3.05, 3.63) is 16.0 Å². The Morgan fingerprint density at radius 1 is 1.29 bits per heavy atom. The van der Waals surface area contributed by atoms with Crippen molar-refractivity contribution in [2.24, 2.45) is 0 Å². The molecule has 1 amide bonds. The number of amides is 1. The number of halogens is 2. The van der Waals surface area contributed by atoms with Crippen LogP contribution in [0.4, 0.5) is 10.6 Å². The van der Waals surface area contributed by atoms with Gasteiger partial charge in [0, 0.05) is 26.2 Å². The summed E-state index contributed by atoms with van der Waals surface area (Å²) in [7, 11) is 0. The van der Waals surface area contributed by atoms with Crippen LogP contribution >= 0.6 is 27.5 Å². The minimum absolute atomic E-state index is 0.276. The van der Waals surface area contributed by atoms with Gasteiger partial charge in [-0.2, -0.15) is 0 Å². The topological polar surface area (TPSA) is 58.6 Å². The monoisotopic (exact) mass is 376 g/mol. The molecule has 0 radical (unpaired) electrons. The first-order valence-corrected chi connectivity index (χ1v) is 7.84. The van der Waals surface area contributed by atoms with Gasteiger partial charge in [0.05, 0.1) is 4.47 Å². The summed E-state index contributed by atoms with van der Waals surface area (Å²) in [5.41, 5.74) is -0.475. The predicted molar refractivity (Wildman–Crippen MR) is 84.8 cm³/mol. The molecule has 1 aliphatic rings. The van der Waals surface area contributed by atoms with E-state index in [9.17, 15) is 4.79 Å². The molecule has 0 saturated carbocycles. The number of aromatic nitrogens is 2. The normalized spacial score (nSPS) is 16.0. The average Bonchev–Trinajstić information content (AvgIpc) is 2.40. The van der Waals surface area contributed by atoms with Gasteiger partial charge >= 0.3 is 6.09 Å². The van der Waals surface area contributed by atoms with E-state index in [0.29, 0.717) is 35.8 Å². The van der Waals surface area contributed by atoms with Gasteiger partial charge in [0.15, 0.2) is 0 Å². The van der Waals surface area contributed by atoms with Crippen LogP contribution in [0.15, 0.2) is 10.8 Å². The Balaban J connectivity index is 1.97. The van der Waals surface area contributed by atoms with Gasteiger partial charge in [-0.15, -0.1) is 0 Å². The fourth-order valence-electron chi connectivity index (χ4n) is 1.99. The quantitative estimate of drug-likeness (QED) is 0.704. The number of nitrogens with zero attached hydrogens (tertiary/aromatic N) is 4. The largest absolute Gasteiger partial charge is 0.444 e. The standard InChI is InChI=1S/C13H18BrClN4O2/c1-13(2,3)21-12(20)19-6-4-18(5-7-19)11-9(14)10(15)16-8-17-11/h8H,4-7H2,1-3H3. The second-order valence-corrected chi connectivity index (χ2v) is 6.91. The van der Waals surface area contributed by atoms with E-state index in [1.54, 1.807) is 4.90 Å². The number of rotatable bonds is 1. The number of piperazine rings is 1. The van der Waals surface area contributed by atoms with Crippen LogP contribution < -0.4 is 4.90 Å². The molecule has 21 heavy (non-hydrogen) atoms. The molecule has 0 spiro atoms. The summed E-state index contributed by atoms with van der Waals surface area (Å²) >= 11 is 9.37. The van der Waals surface area contributed by atoms with E-state index in [1.807, 2.05) is 20.8 Å². The molecule has 1 fully saturated rings. The number of hydrogen-bond donors (Lipinski definition) is 0. The summed E-state index contributed by atoms with van der Waals surface area (Å²) in [6.45, 7) is 8.10. The van der Waals surface area contributed by atoms with Gasteiger partial charge in [-0.25, -0.2) is 14.8 Å². The molecule has 2 heterocycles. The smallest absolute Gasteiger partial charge is 0.410 e. The van der Waals surface area contributed by atoms with Crippen molar-refractivity contribution >= 4 is 39.4 Å². The van der Waals surface area contributed by atoms with Gasteiger partial charge in [0.1, 0.15) is 22.9 Å². The van der Waals surface area contributed by atoms with Crippen LogP contribution in [0.2, 0.25) is 5.15 Å². The summed E-state index contributed by atoms with van der Waals surface area (Å²) in [5.74, 6) is 0.749. The lowest BCUT2D eigenvalue weighted by atomic mass is 10.2. The second kappa shape index (κ2) is 6.36. The SMILES string of the molecule is CC(C)(C)OC(=O)N1CCN(c2ncnc(Cl)c2Br)CC1. The van der Waals surface area contributed by atoms with Gasteiger partial charge in [-0.1, -0.05) is 11.6 Å². The molecule has 1 saturated heterocycles. The summed E-state index contributed by atoms with van der Waals surface area (Å²) in [4.78, 5) is 23.9. The first-order chi connectivity index (χ1) is 9.78. The van der Waals surface area contributed by atoms with Crippen molar-refractivity contribution < 1.29 is 9.53 Å². The molecule has 1 aliphatic heterocycles. The van der Waals surface area contributed by atoms with Crippen LogP contribution in [-0.4, -0.2) is 52.7 Å². The van der Waals surface area contributed by atoms with E-state index in [2.05, 4.69) is 30.8 Å². The molecule has 8 heteroatoms. The molecule has 0 bridgehead atoms. The highest BCUT2D eigenvalue weighted by molar-refractivity contribution is 9.10. The molecule has 0 aromatic carbocycles. The highest BCUT2D eigenvalue weighted by Gasteiger charge is 2.27. The van der Waals surface area contributed by atoms with Crippen molar-refractivity contribution in [3.63, 3.8) is 0 Å². The summed E-state index contributed by atoms with van der Waals surface area (Å²) < 4.78 is 6.05. The average molecular weight is 378 g/mol. The molecule has 116 valence electrons. The first kappa shape index (κ1) is 16.3. The predicted octanol–water partition coefficient (Wildman–Crippen LogP) is 2.95. The van der Waals surface area contributed by atoms with Gasteiger partial charge in [0.25, 0.3) is 0 Å². The van der Waals surface area contributed by atoms with E-state index >= 15 is 0 Å². The summed E-state index contributed by atoms with van der Waals surface area (Å²) in [5, 5.41) is 0.384. The van der Waals surface area contributed by atoms with Crippen molar-refractivity contribution in [1.82, 2.24) is 14.9 Å². The van der Waals surface area contributed by atoms with Crippen LogP contribution in [-0.2, 0) is 4.74 Å². The van der Waals surface area contributed by atoms with E-state index in [1.165, 1.54) is 6.33 Å². The van der Waals surface area contributed by atoms with Crippen LogP contribution in [0.5, 0.6) is 0 Å². The Labute approximate surface area is 137 Å². The van der Waals surface area contributed by atoms with E-state index in [0.717, 1.165) is 5.82 Å². The minimum Gasteiger partial charge on any atom is -0.444 e. The Bertz CT molecular complexity index is 527. The molecular weight excluding hydrogens is 360 g/mol. The lowest BCUT2D eigenvalue weighted by Crippen LogP contribution is -2.50. The Morgan fingerprint density at radius 2 is 1.90 bits per heavy atom. The molecule has 0 unspecified atom stereocenters. The highest BCUT2D eigenvalue weighted by Crippen LogP contribution is 2.29. The van der Waals surface area contributed by atoms with Crippen molar-refractivity contribution in [2.45, 2.75) is 26.4 Å². The zero-order valence-electron chi connectivity index (χ0n) is 12.3. The Morgan fingerprint density at radius 3 is 2.48 bits per heavy atom. The lowest BCUT2D eigenvalue weighted by molar-refractivity contribution is 0.0240. The maximum absolute atomic E-state index is 12.0. The van der Waals surface area contributed by atoms with Crippen LogP contribution in [0.1, 0.15) is 20.8 Å². The van der Waals surface area contributed by atoms with Crippen LogP contribution in [0, 0.1) is 0 Å². The zero-order chi connectivity index (χ0) is 15.6. The first-order valence-electron chi connectivity index (χ1n) is 6.67. The molecule has 1 aromatic rings. The van der Waals surface area contributed by atoms with E-state index in [-0.39, 0.29) is 6.09 Å². The fourth-order valence-corrected chi connectivity index (χ4v) is 2.57. The van der Waals surface area contributed by atoms with Gasteiger partial charge in [0.2, 0.25) is 0 Å². The van der Waals surface area contributed by atoms with Crippen molar-refractivity contribution in [2.75, 3.05) is 31.1 Å². The molecule has 0 atom stereocenters. The minimum atomic E-state index is -0.475. The molecule has 0 N–H and O–H groups in total. The molecule has 6 nitrogen and oxygen atoms in total. The second-order valence-electron chi connectivity index (χ2n) is 5.76. The lowest BCUT2D eigenvalue weighted by Gasteiger charge is -2.36. The third-order valence-electron chi connectivity index (χ3n) is 2.96. The van der Waals surface area contributed by atoms with Crippen LogP contribution in [0.3, 0.4) is 0 Å². The zero-order valence-corrected chi connectivity index (χ0v) is 14.6. The van der Waals surface area contributed by atoms with Gasteiger partial charge in [-0.05, 0) is 36.7 Å². The number of ether oxygens (including phenoxy) is 1. The van der Waals surface area contributed by atoms with E-state index in [4.69, 9.17) is 16.3 Å². The summed E-state index contributed by atoms with van der Waals surface area (Å²) in [6, 6.07) is 0. The van der Waals surface area contributed by atoms with Crippen molar-refractivity contribution in [3.8, 4) is 0 Å². The Hall–Kier alpha value is -1.08. The third kappa shape index (κ3) is 4.20. The maximum Gasteiger partial charge on any atom is 0.410 e. The highest BCUT2D eigenvalue weighted by atomic mass is 79.9. The number of carbonyl (C=O) groups is 1. The molecular formula is C13H18BrClN4O2. The maximum atomic E-state index is 12.0. The number of hydrogen-bond acceptors (Lipinski definition) is 5. The van der Waals surface area contributed by atoms with E-state index < -0.39 is 5.60 Å². The van der Waals surface area contributed by atoms with Crippen molar-refractivity contribution in [1.29, 1.82) is 0 Å². The fraction of sp³-hybridized carbons (Fsp3) is 0.615. The molecule has 1 aromatic heterocycles. The summed E-state index contributed by atoms with van der Waals surface area (Å²) in [6.07, 6.45) is 1.16. The number of anilines is 1. The molecule has 0 aliphatic carbocycles. The Kier molecular flexibility index (Phi) is 4.93. The third-order valence-corrected chi connectivity index (χ3v) is 4.20.